The van der Waals surface area contributed by atoms with E-state index in [4.69, 9.17) is 5.11 Å². The molecule has 0 bridgehead atoms. The van der Waals surface area contributed by atoms with Crippen LogP contribution in [-0.4, -0.2) is 26.0 Å². The summed E-state index contributed by atoms with van der Waals surface area (Å²) in [5.74, 6) is -2.55. The van der Waals surface area contributed by atoms with Crippen LogP contribution < -0.4 is 9.44 Å². The van der Waals surface area contributed by atoms with Crippen molar-refractivity contribution >= 4 is 21.9 Å². The first-order chi connectivity index (χ1) is 7.87. The molecule has 0 heterocycles. The minimum absolute atomic E-state index is 0.132. The van der Waals surface area contributed by atoms with Gasteiger partial charge in [-0.25, -0.2) is 9.18 Å². The first kappa shape index (κ1) is 13.4. The summed E-state index contributed by atoms with van der Waals surface area (Å²) in [5, 5.41) is 8.78. The predicted octanol–water partition coefficient (Wildman–Crippen LogP) is 0.790. The summed E-state index contributed by atoms with van der Waals surface area (Å²) in [7, 11) is -3.89. The van der Waals surface area contributed by atoms with Crippen LogP contribution in [0, 0.1) is 5.82 Å². The van der Waals surface area contributed by atoms with E-state index in [9.17, 15) is 17.6 Å². The van der Waals surface area contributed by atoms with Crippen molar-refractivity contribution in [2.24, 2.45) is 0 Å². The summed E-state index contributed by atoms with van der Waals surface area (Å²) in [4.78, 5) is 10.8. The van der Waals surface area contributed by atoms with E-state index in [0.717, 1.165) is 6.07 Å². The number of carbonyl (C=O) groups is 1. The highest BCUT2D eigenvalue weighted by molar-refractivity contribution is 7.90. The maximum Gasteiger partial charge on any atom is 0.340 e. The van der Waals surface area contributed by atoms with Crippen LogP contribution in [0.1, 0.15) is 17.3 Å². The SMILES string of the molecule is CCNS(=O)(=O)Nc1cccc(F)c1C(=O)O. The van der Waals surface area contributed by atoms with Crippen LogP contribution in [-0.2, 0) is 10.2 Å². The van der Waals surface area contributed by atoms with Gasteiger partial charge in [-0.1, -0.05) is 13.0 Å². The molecule has 8 heteroatoms. The molecule has 17 heavy (non-hydrogen) atoms. The van der Waals surface area contributed by atoms with Crippen molar-refractivity contribution in [1.82, 2.24) is 4.72 Å². The first-order valence-electron chi connectivity index (χ1n) is 4.66. The fourth-order valence-electron chi connectivity index (χ4n) is 1.20. The number of rotatable bonds is 5. The molecule has 6 nitrogen and oxygen atoms in total. The summed E-state index contributed by atoms with van der Waals surface area (Å²) < 4.78 is 40.0. The second kappa shape index (κ2) is 5.11. The maximum absolute atomic E-state index is 13.2. The molecule has 1 aromatic rings. The van der Waals surface area contributed by atoms with Crippen LogP contribution in [0.15, 0.2) is 18.2 Å². The number of aromatic carboxylic acids is 1. The number of carboxylic acid groups (broad SMARTS) is 1. The van der Waals surface area contributed by atoms with Gasteiger partial charge in [-0.05, 0) is 12.1 Å². The standard InChI is InChI=1S/C9H11FN2O4S/c1-2-11-17(15,16)12-7-5-3-4-6(10)8(7)9(13)14/h3-5,11-12H,2H2,1H3,(H,13,14). The van der Waals surface area contributed by atoms with E-state index in [1.807, 2.05) is 4.72 Å². The molecule has 0 aliphatic heterocycles. The lowest BCUT2D eigenvalue weighted by molar-refractivity contribution is 0.0693. The molecule has 0 unspecified atom stereocenters. The van der Waals surface area contributed by atoms with E-state index in [0.29, 0.717) is 0 Å². The number of anilines is 1. The van der Waals surface area contributed by atoms with Crippen LogP contribution in [0.25, 0.3) is 0 Å². The maximum atomic E-state index is 13.2. The highest BCUT2D eigenvalue weighted by atomic mass is 32.2. The molecule has 0 radical (unpaired) electrons. The Labute approximate surface area is 97.6 Å². The van der Waals surface area contributed by atoms with E-state index >= 15 is 0 Å². The smallest absolute Gasteiger partial charge is 0.340 e. The Morgan fingerprint density at radius 2 is 2.12 bits per heavy atom. The van der Waals surface area contributed by atoms with Gasteiger partial charge in [0.05, 0.1) is 5.69 Å². The summed E-state index contributed by atoms with van der Waals surface area (Å²) in [6.45, 7) is 1.69. The average molecular weight is 262 g/mol. The van der Waals surface area contributed by atoms with Gasteiger partial charge in [-0.2, -0.15) is 13.1 Å². The largest absolute Gasteiger partial charge is 0.478 e. The molecule has 94 valence electrons. The Hall–Kier alpha value is -1.67. The van der Waals surface area contributed by atoms with Crippen molar-refractivity contribution in [3.63, 3.8) is 0 Å². The molecule has 0 amide bonds. The molecule has 0 fully saturated rings. The lowest BCUT2D eigenvalue weighted by atomic mass is 10.2. The monoisotopic (exact) mass is 262 g/mol. The fraction of sp³-hybridized carbons (Fsp3) is 0.222. The van der Waals surface area contributed by atoms with E-state index in [-0.39, 0.29) is 12.2 Å². The van der Waals surface area contributed by atoms with Gasteiger partial charge in [-0.3, -0.25) is 4.72 Å². The average Bonchev–Trinajstić information content (AvgIpc) is 2.15. The number of benzene rings is 1. The fourth-order valence-corrected chi connectivity index (χ4v) is 2.11. The second-order valence-electron chi connectivity index (χ2n) is 3.07. The number of carboxylic acids is 1. The van der Waals surface area contributed by atoms with E-state index in [2.05, 4.69) is 4.72 Å². The van der Waals surface area contributed by atoms with Gasteiger partial charge >= 0.3 is 5.97 Å². The molecule has 0 spiro atoms. The van der Waals surface area contributed by atoms with Gasteiger partial charge in [0.25, 0.3) is 10.2 Å². The zero-order valence-corrected chi connectivity index (χ0v) is 9.71. The Morgan fingerprint density at radius 3 is 2.65 bits per heavy atom. The highest BCUT2D eigenvalue weighted by Crippen LogP contribution is 2.19. The lowest BCUT2D eigenvalue weighted by Gasteiger charge is -2.10. The minimum atomic E-state index is -3.89. The highest BCUT2D eigenvalue weighted by Gasteiger charge is 2.19. The van der Waals surface area contributed by atoms with Gasteiger partial charge in [-0.15, -0.1) is 0 Å². The van der Waals surface area contributed by atoms with Crippen LogP contribution in [0.3, 0.4) is 0 Å². The van der Waals surface area contributed by atoms with Gasteiger partial charge in [0.2, 0.25) is 0 Å². The number of nitrogens with one attached hydrogen (secondary N) is 2. The number of halogens is 1. The summed E-state index contributed by atoms with van der Waals surface area (Å²) in [5.41, 5.74) is -1.03. The van der Waals surface area contributed by atoms with Gasteiger partial charge in [0.15, 0.2) is 0 Å². The Kier molecular flexibility index (Phi) is 4.02. The van der Waals surface area contributed by atoms with Crippen molar-refractivity contribution in [3.05, 3.63) is 29.6 Å². The van der Waals surface area contributed by atoms with Crippen LogP contribution in [0.4, 0.5) is 10.1 Å². The Morgan fingerprint density at radius 1 is 1.47 bits per heavy atom. The molecule has 1 rings (SSSR count). The molecule has 0 aliphatic carbocycles. The molecule has 3 N–H and O–H groups in total. The van der Waals surface area contributed by atoms with Crippen molar-refractivity contribution in [1.29, 1.82) is 0 Å². The number of hydrogen-bond acceptors (Lipinski definition) is 3. The van der Waals surface area contributed by atoms with Gasteiger partial charge in [0, 0.05) is 6.54 Å². The van der Waals surface area contributed by atoms with Crippen molar-refractivity contribution in [2.45, 2.75) is 6.92 Å². The van der Waals surface area contributed by atoms with E-state index < -0.39 is 27.6 Å². The molecule has 0 aliphatic rings. The predicted molar refractivity (Wildman–Crippen MR) is 59.6 cm³/mol. The topological polar surface area (TPSA) is 95.5 Å². The van der Waals surface area contributed by atoms with Crippen molar-refractivity contribution in [3.8, 4) is 0 Å². The number of hydrogen-bond donors (Lipinski definition) is 3. The molecule has 0 atom stereocenters. The van der Waals surface area contributed by atoms with E-state index in [1.54, 1.807) is 6.92 Å². The van der Waals surface area contributed by atoms with E-state index in [1.165, 1.54) is 12.1 Å². The van der Waals surface area contributed by atoms with Gasteiger partial charge in [0.1, 0.15) is 11.4 Å². The van der Waals surface area contributed by atoms with Crippen molar-refractivity contribution < 1.29 is 22.7 Å². The zero-order valence-electron chi connectivity index (χ0n) is 8.90. The normalized spacial score (nSPS) is 11.2. The zero-order chi connectivity index (χ0) is 13.1. The lowest BCUT2D eigenvalue weighted by Crippen LogP contribution is -2.30. The quantitative estimate of drug-likeness (QED) is 0.731. The summed E-state index contributed by atoms with van der Waals surface area (Å²) in [6.07, 6.45) is 0. The minimum Gasteiger partial charge on any atom is -0.478 e. The first-order valence-corrected chi connectivity index (χ1v) is 6.15. The second-order valence-corrected chi connectivity index (χ2v) is 4.57. The van der Waals surface area contributed by atoms with Crippen molar-refractivity contribution in [2.75, 3.05) is 11.3 Å². The molecule has 1 aromatic carbocycles. The van der Waals surface area contributed by atoms with Crippen LogP contribution in [0.2, 0.25) is 0 Å². The van der Waals surface area contributed by atoms with Crippen LogP contribution >= 0.6 is 0 Å². The molecule has 0 saturated heterocycles. The Bertz CT molecular complexity index is 530. The molecular weight excluding hydrogens is 251 g/mol. The third kappa shape index (κ3) is 3.40. The summed E-state index contributed by atoms with van der Waals surface area (Å²) >= 11 is 0. The Balaban J connectivity index is 3.16. The summed E-state index contributed by atoms with van der Waals surface area (Å²) in [6, 6.07) is 3.32. The van der Waals surface area contributed by atoms with Gasteiger partial charge < -0.3 is 5.11 Å². The molecular formula is C9H11FN2O4S. The third-order valence-corrected chi connectivity index (χ3v) is 2.96. The molecule has 0 saturated carbocycles. The third-order valence-electron chi connectivity index (χ3n) is 1.81. The van der Waals surface area contributed by atoms with Crippen LogP contribution in [0.5, 0.6) is 0 Å². The molecule has 0 aromatic heterocycles.